The first kappa shape index (κ1) is 17.2. The molecule has 2 aromatic carbocycles. The monoisotopic (exact) mass is 355 g/mol. The van der Waals surface area contributed by atoms with Gasteiger partial charge < -0.3 is 10.1 Å². The van der Waals surface area contributed by atoms with Crippen molar-refractivity contribution in [3.05, 3.63) is 59.9 Å². The van der Waals surface area contributed by atoms with Gasteiger partial charge >= 0.3 is 5.97 Å². The number of benzene rings is 2. The van der Waals surface area contributed by atoms with Gasteiger partial charge in [0.1, 0.15) is 12.4 Å². The lowest BCUT2D eigenvalue weighted by molar-refractivity contribution is -0.117. The molecule has 0 radical (unpaired) electrons. The van der Waals surface area contributed by atoms with Crippen LogP contribution in [0.3, 0.4) is 0 Å². The standard InChI is InChI=1S/C17H14FN5O3/c1-26-17(25)11-5-4-6-12(9-11)19-15(24)10-23-21-16(20-22-23)13-7-2-3-8-14(13)18/h2-9H,10H2,1H3,(H,19,24). The average molecular weight is 355 g/mol. The molecule has 0 saturated heterocycles. The second-order valence-corrected chi connectivity index (χ2v) is 5.24. The number of halogens is 1. The van der Waals surface area contributed by atoms with E-state index < -0.39 is 17.7 Å². The van der Waals surface area contributed by atoms with Crippen LogP contribution in [0.5, 0.6) is 0 Å². The molecule has 1 N–H and O–H groups in total. The van der Waals surface area contributed by atoms with Crippen LogP contribution in [0.4, 0.5) is 10.1 Å². The Kier molecular flexibility index (Phi) is 4.97. The Morgan fingerprint density at radius 2 is 2.00 bits per heavy atom. The molecule has 1 heterocycles. The second-order valence-electron chi connectivity index (χ2n) is 5.24. The lowest BCUT2D eigenvalue weighted by Crippen LogP contribution is -2.20. The molecule has 26 heavy (non-hydrogen) atoms. The highest BCUT2D eigenvalue weighted by Crippen LogP contribution is 2.17. The van der Waals surface area contributed by atoms with Gasteiger partial charge in [-0.3, -0.25) is 4.79 Å². The number of tetrazole rings is 1. The zero-order chi connectivity index (χ0) is 18.5. The minimum Gasteiger partial charge on any atom is -0.465 e. The third kappa shape index (κ3) is 3.89. The Balaban J connectivity index is 1.68. The van der Waals surface area contributed by atoms with Crippen molar-refractivity contribution >= 4 is 17.6 Å². The Hall–Kier alpha value is -3.62. The fourth-order valence-electron chi connectivity index (χ4n) is 2.23. The van der Waals surface area contributed by atoms with Crippen molar-refractivity contribution in [1.29, 1.82) is 0 Å². The summed E-state index contributed by atoms with van der Waals surface area (Å²) in [5, 5.41) is 14.1. The van der Waals surface area contributed by atoms with Crippen molar-refractivity contribution in [2.45, 2.75) is 6.54 Å². The van der Waals surface area contributed by atoms with Crippen molar-refractivity contribution in [3.8, 4) is 11.4 Å². The maximum absolute atomic E-state index is 13.7. The summed E-state index contributed by atoms with van der Waals surface area (Å²) >= 11 is 0. The van der Waals surface area contributed by atoms with E-state index in [2.05, 4.69) is 25.5 Å². The molecule has 0 atom stereocenters. The number of carbonyl (C=O) groups excluding carboxylic acids is 2. The van der Waals surface area contributed by atoms with Crippen molar-refractivity contribution in [3.63, 3.8) is 0 Å². The minimum absolute atomic E-state index is 0.0867. The number of anilines is 1. The number of ether oxygens (including phenoxy) is 1. The van der Waals surface area contributed by atoms with Crippen LogP contribution < -0.4 is 5.32 Å². The number of aromatic nitrogens is 4. The average Bonchev–Trinajstić information content (AvgIpc) is 3.09. The normalized spacial score (nSPS) is 10.4. The summed E-state index contributed by atoms with van der Waals surface area (Å²) in [5.41, 5.74) is 0.934. The lowest BCUT2D eigenvalue weighted by atomic mass is 10.2. The predicted molar refractivity (Wildman–Crippen MR) is 89.6 cm³/mol. The van der Waals surface area contributed by atoms with E-state index in [1.54, 1.807) is 30.3 Å². The molecular formula is C17H14FN5O3. The van der Waals surface area contributed by atoms with Crippen molar-refractivity contribution in [2.24, 2.45) is 0 Å². The first-order chi connectivity index (χ1) is 12.6. The summed E-state index contributed by atoms with van der Waals surface area (Å²) in [7, 11) is 1.27. The molecule has 3 rings (SSSR count). The van der Waals surface area contributed by atoms with E-state index in [1.807, 2.05) is 0 Å². The SMILES string of the molecule is COC(=O)c1cccc(NC(=O)Cn2nnc(-c3ccccc3F)n2)c1. The Labute approximate surface area is 147 Å². The molecule has 0 bridgehead atoms. The number of carbonyl (C=O) groups is 2. The van der Waals surface area contributed by atoms with Gasteiger partial charge in [0.25, 0.3) is 0 Å². The number of hydrogen-bond acceptors (Lipinski definition) is 6. The van der Waals surface area contributed by atoms with E-state index in [1.165, 1.54) is 25.3 Å². The Morgan fingerprint density at radius 1 is 1.19 bits per heavy atom. The fourth-order valence-corrected chi connectivity index (χ4v) is 2.23. The highest BCUT2D eigenvalue weighted by atomic mass is 19.1. The summed E-state index contributed by atoms with van der Waals surface area (Å²) in [6.07, 6.45) is 0. The van der Waals surface area contributed by atoms with E-state index in [0.717, 1.165) is 4.80 Å². The summed E-state index contributed by atoms with van der Waals surface area (Å²) in [6, 6.07) is 12.3. The number of nitrogens with one attached hydrogen (secondary N) is 1. The van der Waals surface area contributed by atoms with Crippen LogP contribution in [-0.4, -0.2) is 39.2 Å². The summed E-state index contributed by atoms with van der Waals surface area (Å²) in [5.74, 6) is -1.32. The zero-order valence-electron chi connectivity index (χ0n) is 13.7. The molecule has 8 nitrogen and oxygen atoms in total. The Morgan fingerprint density at radius 3 is 2.77 bits per heavy atom. The first-order valence-corrected chi connectivity index (χ1v) is 7.58. The maximum Gasteiger partial charge on any atom is 0.337 e. The van der Waals surface area contributed by atoms with Crippen molar-refractivity contribution < 1.29 is 18.7 Å². The molecule has 1 amide bonds. The van der Waals surface area contributed by atoms with E-state index in [0.29, 0.717) is 11.3 Å². The quantitative estimate of drug-likeness (QED) is 0.702. The van der Waals surface area contributed by atoms with Gasteiger partial charge in [-0.05, 0) is 35.5 Å². The van der Waals surface area contributed by atoms with Gasteiger partial charge in [-0.2, -0.15) is 4.80 Å². The smallest absolute Gasteiger partial charge is 0.337 e. The second kappa shape index (κ2) is 7.51. The summed E-state index contributed by atoms with van der Waals surface area (Å²) in [6.45, 7) is -0.218. The lowest BCUT2D eigenvalue weighted by Gasteiger charge is -2.06. The highest BCUT2D eigenvalue weighted by Gasteiger charge is 2.13. The van der Waals surface area contributed by atoms with Crippen molar-refractivity contribution in [1.82, 2.24) is 20.2 Å². The van der Waals surface area contributed by atoms with Gasteiger partial charge in [0, 0.05) is 5.69 Å². The molecule has 0 aliphatic heterocycles. The van der Waals surface area contributed by atoms with Gasteiger partial charge in [0.15, 0.2) is 0 Å². The van der Waals surface area contributed by atoms with E-state index >= 15 is 0 Å². The number of hydrogen-bond donors (Lipinski definition) is 1. The van der Waals surface area contributed by atoms with Crippen LogP contribution in [-0.2, 0) is 16.1 Å². The molecule has 132 valence electrons. The highest BCUT2D eigenvalue weighted by molar-refractivity contribution is 5.94. The third-order valence-corrected chi connectivity index (χ3v) is 3.42. The summed E-state index contributed by atoms with van der Waals surface area (Å²) in [4.78, 5) is 24.7. The van der Waals surface area contributed by atoms with Crippen LogP contribution in [0.25, 0.3) is 11.4 Å². The van der Waals surface area contributed by atoms with Gasteiger partial charge in [-0.15, -0.1) is 10.2 Å². The van der Waals surface area contributed by atoms with Crippen LogP contribution >= 0.6 is 0 Å². The van der Waals surface area contributed by atoms with E-state index in [-0.39, 0.29) is 17.9 Å². The molecule has 9 heteroatoms. The first-order valence-electron chi connectivity index (χ1n) is 7.58. The van der Waals surface area contributed by atoms with E-state index in [4.69, 9.17) is 0 Å². The third-order valence-electron chi connectivity index (χ3n) is 3.42. The zero-order valence-corrected chi connectivity index (χ0v) is 13.7. The Bertz CT molecular complexity index is 957. The van der Waals surface area contributed by atoms with Crippen LogP contribution in [0.1, 0.15) is 10.4 Å². The number of methoxy groups -OCH3 is 1. The largest absolute Gasteiger partial charge is 0.465 e. The molecule has 0 aliphatic rings. The predicted octanol–water partition coefficient (Wildman–Crippen LogP) is 1.90. The molecule has 1 aromatic heterocycles. The molecule has 3 aromatic rings. The molecule has 0 saturated carbocycles. The van der Waals surface area contributed by atoms with Gasteiger partial charge in [0.05, 0.1) is 18.2 Å². The van der Waals surface area contributed by atoms with Crippen molar-refractivity contribution in [2.75, 3.05) is 12.4 Å². The number of esters is 1. The van der Waals surface area contributed by atoms with Gasteiger partial charge in [-0.1, -0.05) is 18.2 Å². The number of amides is 1. The van der Waals surface area contributed by atoms with Gasteiger partial charge in [0.2, 0.25) is 11.7 Å². The van der Waals surface area contributed by atoms with Gasteiger partial charge in [-0.25, -0.2) is 9.18 Å². The molecule has 0 fully saturated rings. The number of rotatable bonds is 5. The van der Waals surface area contributed by atoms with Crippen LogP contribution in [0.2, 0.25) is 0 Å². The molecule has 0 spiro atoms. The topological polar surface area (TPSA) is 99.0 Å². The maximum atomic E-state index is 13.7. The molecule has 0 unspecified atom stereocenters. The summed E-state index contributed by atoms with van der Waals surface area (Å²) < 4.78 is 18.4. The van der Waals surface area contributed by atoms with E-state index in [9.17, 15) is 14.0 Å². The number of nitrogens with zero attached hydrogens (tertiary/aromatic N) is 4. The van der Waals surface area contributed by atoms with Crippen LogP contribution in [0, 0.1) is 5.82 Å². The van der Waals surface area contributed by atoms with Crippen LogP contribution in [0.15, 0.2) is 48.5 Å². The molecular weight excluding hydrogens is 341 g/mol. The molecule has 0 aliphatic carbocycles. The fraction of sp³-hybridized carbons (Fsp3) is 0.118. The minimum atomic E-state index is -0.506.